The van der Waals surface area contributed by atoms with Gasteiger partial charge in [0, 0.05) is 11.1 Å². The molecule has 4 nitrogen and oxygen atoms in total. The lowest BCUT2D eigenvalue weighted by Crippen LogP contribution is -1.92. The maximum atomic E-state index is 10.7. The molecule has 2 aromatic carbocycles. The number of nitrogens with one attached hydrogen (secondary N) is 1. The Balaban J connectivity index is 2.24. The highest BCUT2D eigenvalue weighted by molar-refractivity contribution is 6.35. The minimum Gasteiger partial charge on any atom is -0.507 e. The van der Waals surface area contributed by atoms with E-state index in [9.17, 15) is 5.11 Å². The largest absolute Gasteiger partial charge is 0.507 e. The van der Waals surface area contributed by atoms with Crippen LogP contribution >= 0.6 is 11.6 Å². The second kappa shape index (κ2) is 5.97. The van der Waals surface area contributed by atoms with Gasteiger partial charge in [0.1, 0.15) is 16.8 Å². The summed E-state index contributed by atoms with van der Waals surface area (Å²) >= 11 is 6.38. The minimum atomic E-state index is 0.288. The van der Waals surface area contributed by atoms with Crippen molar-refractivity contribution in [1.29, 1.82) is 0 Å². The van der Waals surface area contributed by atoms with Crippen LogP contribution in [0.5, 0.6) is 5.75 Å². The molecular formula is C17H18ClN3O. The number of aromatic amines is 1. The quantitative estimate of drug-likeness (QED) is 0.737. The predicted octanol–water partition coefficient (Wildman–Crippen LogP) is 4.63. The van der Waals surface area contributed by atoms with Crippen molar-refractivity contribution in [3.63, 3.8) is 0 Å². The Hall–Kier alpha value is -2.07. The van der Waals surface area contributed by atoms with Crippen LogP contribution in [0.2, 0.25) is 5.02 Å². The average Bonchev–Trinajstić information content (AvgIpc) is 2.96. The molecule has 0 bridgehead atoms. The van der Waals surface area contributed by atoms with Crippen molar-refractivity contribution in [3.8, 4) is 16.9 Å². The fourth-order valence-corrected chi connectivity index (χ4v) is 3.00. The van der Waals surface area contributed by atoms with E-state index in [4.69, 9.17) is 11.6 Å². The molecule has 0 aliphatic rings. The molecule has 0 fully saturated rings. The van der Waals surface area contributed by atoms with Gasteiger partial charge in [-0.3, -0.25) is 0 Å². The highest BCUT2D eigenvalue weighted by Crippen LogP contribution is 2.40. The van der Waals surface area contributed by atoms with Crippen LogP contribution < -0.4 is 0 Å². The maximum Gasteiger partial charge on any atom is 0.126 e. The van der Waals surface area contributed by atoms with Crippen LogP contribution in [0.1, 0.15) is 30.9 Å². The van der Waals surface area contributed by atoms with Crippen molar-refractivity contribution in [1.82, 2.24) is 15.4 Å². The van der Waals surface area contributed by atoms with E-state index >= 15 is 0 Å². The Bertz CT molecular complexity index is 826. The minimum absolute atomic E-state index is 0.288. The molecule has 1 heterocycles. The molecule has 0 saturated heterocycles. The van der Waals surface area contributed by atoms with Gasteiger partial charge in [-0.25, -0.2) is 0 Å². The normalized spacial score (nSPS) is 11.2. The highest BCUT2D eigenvalue weighted by Gasteiger charge is 2.17. The molecule has 1 aromatic heterocycles. The lowest BCUT2D eigenvalue weighted by molar-refractivity contribution is 0.469. The number of aromatic nitrogens is 3. The standard InChI is InChI=1S/C17H18ClN3O/c1-3-4-5-11-8-10(2)9-12(17(11)22)15-13(18)6-7-14-16(15)20-21-19-14/h6-9,22H,3-5H2,1-2H3,(H,19,20,21). The van der Waals surface area contributed by atoms with Gasteiger partial charge in [0.2, 0.25) is 0 Å². The summed E-state index contributed by atoms with van der Waals surface area (Å²) in [5, 5.41) is 22.2. The first-order chi connectivity index (χ1) is 10.6. The molecule has 0 atom stereocenters. The van der Waals surface area contributed by atoms with Crippen LogP contribution in [-0.4, -0.2) is 20.5 Å². The monoisotopic (exact) mass is 315 g/mol. The molecule has 5 heteroatoms. The fraction of sp³-hybridized carbons (Fsp3) is 0.294. The third-order valence-electron chi connectivity index (χ3n) is 3.84. The van der Waals surface area contributed by atoms with Crippen molar-refractivity contribution < 1.29 is 5.11 Å². The summed E-state index contributed by atoms with van der Waals surface area (Å²) in [5.41, 5.74) is 4.90. The molecule has 0 unspecified atom stereocenters. The first-order valence-electron chi connectivity index (χ1n) is 7.43. The zero-order valence-electron chi connectivity index (χ0n) is 12.7. The molecule has 114 valence electrons. The molecular weight excluding hydrogens is 298 g/mol. The summed E-state index contributed by atoms with van der Waals surface area (Å²) < 4.78 is 0. The van der Waals surface area contributed by atoms with Gasteiger partial charge in [0.25, 0.3) is 0 Å². The van der Waals surface area contributed by atoms with Gasteiger partial charge >= 0.3 is 0 Å². The molecule has 0 spiro atoms. The van der Waals surface area contributed by atoms with Crippen molar-refractivity contribution in [3.05, 3.63) is 40.4 Å². The van der Waals surface area contributed by atoms with E-state index in [0.29, 0.717) is 10.5 Å². The first-order valence-corrected chi connectivity index (χ1v) is 7.81. The lowest BCUT2D eigenvalue weighted by Gasteiger charge is -2.13. The van der Waals surface area contributed by atoms with E-state index in [1.54, 1.807) is 6.07 Å². The molecule has 0 amide bonds. The highest BCUT2D eigenvalue weighted by atomic mass is 35.5. The van der Waals surface area contributed by atoms with Crippen molar-refractivity contribution in [2.45, 2.75) is 33.1 Å². The Kier molecular flexibility index (Phi) is 4.03. The first kappa shape index (κ1) is 14.9. The lowest BCUT2D eigenvalue weighted by atomic mass is 9.95. The van der Waals surface area contributed by atoms with Gasteiger partial charge in [0.15, 0.2) is 0 Å². The number of unbranched alkanes of at least 4 members (excludes halogenated alkanes) is 1. The second-order valence-corrected chi connectivity index (χ2v) is 5.94. The zero-order valence-corrected chi connectivity index (χ0v) is 13.4. The third kappa shape index (κ3) is 2.55. The van der Waals surface area contributed by atoms with E-state index in [1.165, 1.54) is 0 Å². The molecule has 0 saturated carbocycles. The van der Waals surface area contributed by atoms with Gasteiger partial charge in [-0.2, -0.15) is 15.4 Å². The zero-order chi connectivity index (χ0) is 15.7. The molecule has 0 aliphatic heterocycles. The summed E-state index contributed by atoms with van der Waals surface area (Å²) in [6.07, 6.45) is 2.98. The summed E-state index contributed by atoms with van der Waals surface area (Å²) in [6.45, 7) is 4.16. The van der Waals surface area contributed by atoms with Crippen molar-refractivity contribution in [2.75, 3.05) is 0 Å². The van der Waals surface area contributed by atoms with Crippen molar-refractivity contribution in [2.24, 2.45) is 0 Å². The Morgan fingerprint density at radius 3 is 2.82 bits per heavy atom. The number of H-pyrrole nitrogens is 1. The topological polar surface area (TPSA) is 61.8 Å². The SMILES string of the molecule is CCCCc1cc(C)cc(-c2c(Cl)ccc3n[nH]nc23)c1O. The third-order valence-corrected chi connectivity index (χ3v) is 4.16. The summed E-state index contributed by atoms with van der Waals surface area (Å²) in [6, 6.07) is 7.58. The fourth-order valence-electron chi connectivity index (χ4n) is 2.75. The van der Waals surface area contributed by atoms with Crippen molar-refractivity contribution >= 4 is 22.6 Å². The number of benzene rings is 2. The number of halogens is 1. The summed E-state index contributed by atoms with van der Waals surface area (Å²) in [4.78, 5) is 0. The van der Waals surface area contributed by atoms with Crippen LogP contribution in [0, 0.1) is 6.92 Å². The van der Waals surface area contributed by atoms with E-state index < -0.39 is 0 Å². The van der Waals surface area contributed by atoms with Gasteiger partial charge in [-0.1, -0.05) is 31.0 Å². The van der Waals surface area contributed by atoms with E-state index in [1.807, 2.05) is 25.1 Å². The number of phenolic OH excluding ortho intramolecular Hbond substituents is 1. The number of fused-ring (bicyclic) bond motifs is 1. The van der Waals surface area contributed by atoms with E-state index in [2.05, 4.69) is 22.3 Å². The Labute approximate surface area is 134 Å². The molecule has 0 aliphatic carbocycles. The number of rotatable bonds is 4. The van der Waals surface area contributed by atoms with Crippen LogP contribution in [0.3, 0.4) is 0 Å². The van der Waals surface area contributed by atoms with E-state index in [-0.39, 0.29) is 5.75 Å². The van der Waals surface area contributed by atoms with Crippen LogP contribution in [0.4, 0.5) is 0 Å². The van der Waals surface area contributed by atoms with Gasteiger partial charge in [0.05, 0.1) is 5.02 Å². The molecule has 22 heavy (non-hydrogen) atoms. The van der Waals surface area contributed by atoms with Crippen LogP contribution in [0.15, 0.2) is 24.3 Å². The number of hydrogen-bond donors (Lipinski definition) is 2. The second-order valence-electron chi connectivity index (χ2n) is 5.54. The summed E-state index contributed by atoms with van der Waals surface area (Å²) in [7, 11) is 0. The Morgan fingerprint density at radius 1 is 1.23 bits per heavy atom. The maximum absolute atomic E-state index is 10.7. The predicted molar refractivity (Wildman–Crippen MR) is 89.3 cm³/mol. The average molecular weight is 316 g/mol. The number of phenols is 1. The summed E-state index contributed by atoms with van der Waals surface area (Å²) in [5.74, 6) is 0.288. The Morgan fingerprint density at radius 2 is 2.05 bits per heavy atom. The van der Waals surface area contributed by atoms with Gasteiger partial charge in [-0.15, -0.1) is 0 Å². The van der Waals surface area contributed by atoms with Crippen LogP contribution in [0.25, 0.3) is 22.2 Å². The number of aryl methyl sites for hydroxylation is 2. The smallest absolute Gasteiger partial charge is 0.126 e. The molecule has 3 aromatic rings. The number of nitrogens with zero attached hydrogens (tertiary/aromatic N) is 2. The number of hydrogen-bond acceptors (Lipinski definition) is 3. The van der Waals surface area contributed by atoms with Gasteiger partial charge in [-0.05, 0) is 49.1 Å². The molecule has 2 N–H and O–H groups in total. The number of aromatic hydroxyl groups is 1. The van der Waals surface area contributed by atoms with Gasteiger partial charge < -0.3 is 5.11 Å². The van der Waals surface area contributed by atoms with E-state index in [0.717, 1.165) is 47.0 Å². The van der Waals surface area contributed by atoms with Crippen LogP contribution in [-0.2, 0) is 6.42 Å². The molecule has 0 radical (unpaired) electrons. The molecule has 3 rings (SSSR count).